The van der Waals surface area contributed by atoms with Crippen LogP contribution in [0.15, 0.2) is 23.3 Å². The van der Waals surface area contributed by atoms with E-state index >= 15 is 0 Å². The van der Waals surface area contributed by atoms with E-state index in [-0.39, 0.29) is 0 Å². The third-order valence-corrected chi connectivity index (χ3v) is 2.01. The van der Waals surface area contributed by atoms with Crippen molar-refractivity contribution in [3.8, 4) is 6.01 Å². The van der Waals surface area contributed by atoms with Crippen molar-refractivity contribution in [2.45, 2.75) is 6.92 Å². The van der Waals surface area contributed by atoms with Gasteiger partial charge >= 0.3 is 6.01 Å². The number of hydrogen-bond acceptors (Lipinski definition) is 3. The van der Waals surface area contributed by atoms with Gasteiger partial charge in [0.2, 0.25) is 0 Å². The molecule has 1 heterocycles. The van der Waals surface area contributed by atoms with Crippen LogP contribution in [-0.2, 0) is 0 Å². The van der Waals surface area contributed by atoms with Crippen LogP contribution in [-0.4, -0.2) is 16.6 Å². The molecule has 0 saturated carbocycles. The van der Waals surface area contributed by atoms with E-state index in [2.05, 4.69) is 32.5 Å². The van der Waals surface area contributed by atoms with Crippen molar-refractivity contribution in [3.63, 3.8) is 0 Å². The second-order valence-corrected chi connectivity index (χ2v) is 3.04. The van der Waals surface area contributed by atoms with Gasteiger partial charge in [0, 0.05) is 6.20 Å². The van der Waals surface area contributed by atoms with Crippen LogP contribution in [0.2, 0.25) is 0 Å². The average molecular weight is 229 g/mol. The summed E-state index contributed by atoms with van der Waals surface area (Å²) in [4.78, 5) is 8.03. The molecule has 3 nitrogen and oxygen atoms in total. The molecule has 64 valence electrons. The molecular weight excluding hydrogens is 220 g/mol. The minimum absolute atomic E-state index is 0.385. The Bertz CT molecular complexity index is 288. The fourth-order valence-electron chi connectivity index (χ4n) is 0.634. The van der Waals surface area contributed by atoms with E-state index in [0.717, 1.165) is 10.2 Å². The summed E-state index contributed by atoms with van der Waals surface area (Å²) in [5.74, 6) is 0. The minimum atomic E-state index is 0.385. The predicted octanol–water partition coefficient (Wildman–Crippen LogP) is 2.11. The molecule has 0 fully saturated rings. The zero-order valence-corrected chi connectivity index (χ0v) is 8.34. The van der Waals surface area contributed by atoms with Crippen molar-refractivity contribution in [2.24, 2.45) is 0 Å². The zero-order chi connectivity index (χ0) is 8.97. The largest absolute Gasteiger partial charge is 0.459 e. The van der Waals surface area contributed by atoms with Gasteiger partial charge in [-0.3, -0.25) is 0 Å². The number of hydrogen-bond donors (Lipinski definition) is 0. The van der Waals surface area contributed by atoms with E-state index in [0.29, 0.717) is 12.6 Å². The molecule has 0 radical (unpaired) electrons. The summed E-state index contributed by atoms with van der Waals surface area (Å²) in [6.07, 6.45) is 3.32. The molecule has 4 heteroatoms. The molecule has 12 heavy (non-hydrogen) atoms. The van der Waals surface area contributed by atoms with Crippen LogP contribution in [0.3, 0.4) is 0 Å². The Morgan fingerprint density at radius 1 is 1.75 bits per heavy atom. The molecule has 0 N–H and O–H groups in total. The maximum absolute atomic E-state index is 5.13. The Kier molecular flexibility index (Phi) is 3.22. The van der Waals surface area contributed by atoms with Crippen LogP contribution in [0.5, 0.6) is 6.01 Å². The normalized spacial score (nSPS) is 9.50. The summed E-state index contributed by atoms with van der Waals surface area (Å²) >= 11 is 3.30. The molecule has 0 aliphatic rings. The van der Waals surface area contributed by atoms with Crippen LogP contribution in [0.1, 0.15) is 5.69 Å². The standard InChI is InChI=1S/C8H9BrN2O/c1-3-4-12-8-10-5-7(9)6(2)11-8/h3,5H,1,4H2,2H3. The monoisotopic (exact) mass is 228 g/mol. The quantitative estimate of drug-likeness (QED) is 0.744. The van der Waals surface area contributed by atoms with Crippen molar-refractivity contribution in [1.82, 2.24) is 9.97 Å². The van der Waals surface area contributed by atoms with Crippen LogP contribution < -0.4 is 4.74 Å². The van der Waals surface area contributed by atoms with Crippen molar-refractivity contribution in [2.75, 3.05) is 6.61 Å². The summed E-state index contributed by atoms with van der Waals surface area (Å²) in [5, 5.41) is 0. The first-order chi connectivity index (χ1) is 5.74. The van der Waals surface area contributed by atoms with Gasteiger partial charge in [-0.2, -0.15) is 4.98 Å². The van der Waals surface area contributed by atoms with Crippen molar-refractivity contribution < 1.29 is 4.74 Å². The average Bonchev–Trinajstić information content (AvgIpc) is 2.07. The number of nitrogens with zero attached hydrogens (tertiary/aromatic N) is 2. The number of aryl methyl sites for hydroxylation is 1. The van der Waals surface area contributed by atoms with Crippen molar-refractivity contribution >= 4 is 15.9 Å². The fourth-order valence-corrected chi connectivity index (χ4v) is 0.825. The topological polar surface area (TPSA) is 35.0 Å². The Morgan fingerprint density at radius 3 is 3.08 bits per heavy atom. The lowest BCUT2D eigenvalue weighted by Crippen LogP contribution is -1.99. The first kappa shape index (κ1) is 9.19. The summed E-state index contributed by atoms with van der Waals surface area (Å²) < 4.78 is 6.01. The Hall–Kier alpha value is -0.900. The van der Waals surface area contributed by atoms with Crippen LogP contribution in [0, 0.1) is 6.92 Å². The van der Waals surface area contributed by atoms with Crippen LogP contribution in [0.4, 0.5) is 0 Å². The molecule has 1 aromatic heterocycles. The molecule has 0 amide bonds. The fraction of sp³-hybridized carbons (Fsp3) is 0.250. The summed E-state index contributed by atoms with van der Waals surface area (Å²) in [7, 11) is 0. The molecule has 0 atom stereocenters. The van der Waals surface area contributed by atoms with Gasteiger partial charge in [0.25, 0.3) is 0 Å². The van der Waals surface area contributed by atoms with Gasteiger partial charge in [-0.1, -0.05) is 12.7 Å². The SMILES string of the molecule is C=CCOc1ncc(Br)c(C)n1. The third kappa shape index (κ3) is 2.30. The first-order valence-electron chi connectivity index (χ1n) is 3.47. The summed E-state index contributed by atoms with van der Waals surface area (Å²) in [5.41, 5.74) is 0.865. The first-order valence-corrected chi connectivity index (χ1v) is 4.26. The highest BCUT2D eigenvalue weighted by atomic mass is 79.9. The second-order valence-electron chi connectivity index (χ2n) is 2.19. The molecule has 1 rings (SSSR count). The van der Waals surface area contributed by atoms with E-state index in [1.165, 1.54) is 0 Å². The van der Waals surface area contributed by atoms with Gasteiger partial charge in [-0.05, 0) is 22.9 Å². The van der Waals surface area contributed by atoms with Gasteiger partial charge in [-0.15, -0.1) is 0 Å². The van der Waals surface area contributed by atoms with Gasteiger partial charge in [-0.25, -0.2) is 4.98 Å². The molecule has 1 aromatic rings. The zero-order valence-electron chi connectivity index (χ0n) is 6.75. The van der Waals surface area contributed by atoms with Gasteiger partial charge in [0.15, 0.2) is 0 Å². The smallest absolute Gasteiger partial charge is 0.316 e. The van der Waals surface area contributed by atoms with E-state index in [1.54, 1.807) is 12.3 Å². The maximum Gasteiger partial charge on any atom is 0.316 e. The van der Waals surface area contributed by atoms with E-state index < -0.39 is 0 Å². The highest BCUT2D eigenvalue weighted by Crippen LogP contribution is 2.14. The maximum atomic E-state index is 5.13. The summed E-state index contributed by atoms with van der Waals surface area (Å²) in [6, 6.07) is 0.385. The van der Waals surface area contributed by atoms with Crippen LogP contribution >= 0.6 is 15.9 Å². The Labute approximate surface area is 79.6 Å². The molecule has 0 aliphatic heterocycles. The van der Waals surface area contributed by atoms with E-state index in [1.807, 2.05) is 6.92 Å². The lowest BCUT2D eigenvalue weighted by Gasteiger charge is -2.01. The Morgan fingerprint density at radius 2 is 2.50 bits per heavy atom. The van der Waals surface area contributed by atoms with Gasteiger partial charge < -0.3 is 4.74 Å². The van der Waals surface area contributed by atoms with E-state index in [9.17, 15) is 0 Å². The Balaban J connectivity index is 2.75. The minimum Gasteiger partial charge on any atom is -0.459 e. The van der Waals surface area contributed by atoms with Crippen LogP contribution in [0.25, 0.3) is 0 Å². The number of halogens is 1. The van der Waals surface area contributed by atoms with Gasteiger partial charge in [0.05, 0.1) is 10.2 Å². The molecular formula is C8H9BrN2O. The number of ether oxygens (including phenoxy) is 1. The molecule has 0 spiro atoms. The highest BCUT2D eigenvalue weighted by Gasteiger charge is 1.99. The molecule has 0 unspecified atom stereocenters. The lowest BCUT2D eigenvalue weighted by molar-refractivity contribution is 0.332. The van der Waals surface area contributed by atoms with Crippen molar-refractivity contribution in [3.05, 3.63) is 29.0 Å². The number of rotatable bonds is 3. The molecule has 0 bridgehead atoms. The van der Waals surface area contributed by atoms with Gasteiger partial charge in [0.1, 0.15) is 6.61 Å². The molecule has 0 saturated heterocycles. The number of aromatic nitrogens is 2. The van der Waals surface area contributed by atoms with Crippen molar-refractivity contribution in [1.29, 1.82) is 0 Å². The third-order valence-electron chi connectivity index (χ3n) is 1.23. The van der Waals surface area contributed by atoms with E-state index in [4.69, 9.17) is 4.74 Å². The molecule has 0 aromatic carbocycles. The molecule has 0 aliphatic carbocycles. The predicted molar refractivity (Wildman–Crippen MR) is 50.2 cm³/mol. The lowest BCUT2D eigenvalue weighted by atomic mass is 10.5. The summed E-state index contributed by atoms with van der Waals surface area (Å²) in [6.45, 7) is 5.84. The highest BCUT2D eigenvalue weighted by molar-refractivity contribution is 9.10. The second kappa shape index (κ2) is 4.21.